The molecule has 2 heterocycles. The highest BCUT2D eigenvalue weighted by molar-refractivity contribution is 7.91. The van der Waals surface area contributed by atoms with Gasteiger partial charge in [0.1, 0.15) is 10.7 Å². The molecule has 2 amide bonds. The van der Waals surface area contributed by atoms with Crippen molar-refractivity contribution in [3.8, 4) is 22.8 Å². The maximum atomic E-state index is 13.6. The number of amides is 2. The SMILES string of the molecule is COc1ccc(-c2cc(C(F)(F)F)nc(S(=O)(=O)CCCC(=O)Nc3sc4c(c3C(N)=O)CCCC4)n2)cc1OC. The first-order valence-corrected chi connectivity index (χ1v) is 15.0. The summed E-state index contributed by atoms with van der Waals surface area (Å²) >= 11 is 1.27. The quantitative estimate of drug-likeness (QED) is 0.320. The molecule has 4 rings (SSSR count). The van der Waals surface area contributed by atoms with E-state index in [9.17, 15) is 31.2 Å². The molecule has 0 spiro atoms. The van der Waals surface area contributed by atoms with Crippen molar-refractivity contribution in [2.45, 2.75) is 49.9 Å². The third kappa shape index (κ3) is 6.78. The predicted molar refractivity (Wildman–Crippen MR) is 145 cm³/mol. The Hall–Kier alpha value is -3.72. The van der Waals surface area contributed by atoms with Crippen molar-refractivity contribution < 1.29 is 40.7 Å². The van der Waals surface area contributed by atoms with Gasteiger partial charge >= 0.3 is 6.18 Å². The number of aryl methyl sites for hydroxylation is 1. The van der Waals surface area contributed by atoms with Gasteiger partial charge in [-0.3, -0.25) is 9.59 Å². The van der Waals surface area contributed by atoms with E-state index in [0.29, 0.717) is 23.2 Å². The van der Waals surface area contributed by atoms with Crippen LogP contribution >= 0.6 is 11.3 Å². The van der Waals surface area contributed by atoms with Crippen molar-refractivity contribution in [2.75, 3.05) is 25.3 Å². The highest BCUT2D eigenvalue weighted by Gasteiger charge is 2.35. The summed E-state index contributed by atoms with van der Waals surface area (Å²) in [6.45, 7) is 0. The number of primary amides is 1. The largest absolute Gasteiger partial charge is 0.493 e. The number of rotatable bonds is 10. The zero-order valence-electron chi connectivity index (χ0n) is 22.1. The van der Waals surface area contributed by atoms with E-state index in [2.05, 4.69) is 15.3 Å². The van der Waals surface area contributed by atoms with Gasteiger partial charge < -0.3 is 20.5 Å². The highest BCUT2D eigenvalue weighted by atomic mass is 32.2. The Morgan fingerprint density at radius 1 is 1.07 bits per heavy atom. The summed E-state index contributed by atoms with van der Waals surface area (Å²) in [6.07, 6.45) is -2.13. The minimum Gasteiger partial charge on any atom is -0.493 e. The van der Waals surface area contributed by atoms with E-state index in [1.54, 1.807) is 0 Å². The van der Waals surface area contributed by atoms with Gasteiger partial charge in [-0.2, -0.15) is 13.2 Å². The topological polar surface area (TPSA) is 151 Å². The van der Waals surface area contributed by atoms with Crippen LogP contribution in [0.3, 0.4) is 0 Å². The molecular formula is C26H27F3N4O6S2. The van der Waals surface area contributed by atoms with E-state index in [-0.39, 0.29) is 35.4 Å². The van der Waals surface area contributed by atoms with Crippen molar-refractivity contribution in [3.63, 3.8) is 0 Å². The van der Waals surface area contributed by atoms with Crippen LogP contribution in [-0.2, 0) is 33.6 Å². The third-order valence-electron chi connectivity index (χ3n) is 6.44. The highest BCUT2D eigenvalue weighted by Crippen LogP contribution is 2.38. The first-order chi connectivity index (χ1) is 19.3. The van der Waals surface area contributed by atoms with Crippen LogP contribution in [0, 0.1) is 0 Å². The Morgan fingerprint density at radius 2 is 1.78 bits per heavy atom. The van der Waals surface area contributed by atoms with E-state index in [4.69, 9.17) is 15.2 Å². The van der Waals surface area contributed by atoms with E-state index >= 15 is 0 Å². The summed E-state index contributed by atoms with van der Waals surface area (Å²) < 4.78 is 77.3. The number of ether oxygens (including phenoxy) is 2. The number of hydrogen-bond acceptors (Lipinski definition) is 9. The number of aromatic nitrogens is 2. The zero-order chi connectivity index (χ0) is 29.9. The van der Waals surface area contributed by atoms with Gasteiger partial charge in [0.05, 0.1) is 31.2 Å². The van der Waals surface area contributed by atoms with Crippen molar-refractivity contribution >= 4 is 38.0 Å². The molecule has 0 saturated carbocycles. The first kappa shape index (κ1) is 30.2. The molecule has 10 nitrogen and oxygen atoms in total. The molecule has 0 bridgehead atoms. The van der Waals surface area contributed by atoms with Gasteiger partial charge in [0.25, 0.3) is 5.91 Å². The standard InChI is InChI=1S/C26H27F3N4O6S2/c1-38-17-10-9-14(12-18(17)39-2)16-13-20(26(27,28)29)32-25(31-16)41(36,37)11-5-8-21(34)33-24-22(23(30)35)15-6-3-4-7-19(15)40-24/h9-10,12-13H,3-8,11H2,1-2H3,(H2,30,35)(H,33,34). The predicted octanol–water partition coefficient (Wildman–Crippen LogP) is 4.41. The number of alkyl halides is 3. The Bertz CT molecular complexity index is 1590. The van der Waals surface area contributed by atoms with E-state index in [1.165, 1.54) is 43.8 Å². The smallest absolute Gasteiger partial charge is 0.433 e. The van der Waals surface area contributed by atoms with Crippen molar-refractivity contribution in [1.82, 2.24) is 9.97 Å². The maximum Gasteiger partial charge on any atom is 0.433 e. The van der Waals surface area contributed by atoms with Crippen LogP contribution in [0.2, 0.25) is 0 Å². The summed E-state index contributed by atoms with van der Waals surface area (Å²) in [5, 5.41) is 1.94. The van der Waals surface area contributed by atoms with E-state index in [0.717, 1.165) is 29.7 Å². The molecule has 41 heavy (non-hydrogen) atoms. The number of methoxy groups -OCH3 is 2. The summed E-state index contributed by atoms with van der Waals surface area (Å²) in [6, 6.07) is 4.87. The zero-order valence-corrected chi connectivity index (χ0v) is 23.8. The average Bonchev–Trinajstić information content (AvgIpc) is 3.29. The second-order valence-corrected chi connectivity index (χ2v) is 12.3. The van der Waals surface area contributed by atoms with Crippen LogP contribution in [0.5, 0.6) is 11.5 Å². The number of fused-ring (bicyclic) bond motifs is 1. The maximum absolute atomic E-state index is 13.6. The third-order valence-corrected chi connectivity index (χ3v) is 9.21. The van der Waals surface area contributed by atoms with Crippen LogP contribution in [0.1, 0.15) is 52.2 Å². The van der Waals surface area contributed by atoms with E-state index in [1.807, 2.05) is 0 Å². The molecule has 2 aromatic heterocycles. The molecule has 0 atom stereocenters. The molecule has 0 aliphatic heterocycles. The Kier molecular flexibility index (Phi) is 8.87. The number of thiophene rings is 1. The summed E-state index contributed by atoms with van der Waals surface area (Å²) in [5.74, 6) is -1.38. The molecule has 220 valence electrons. The van der Waals surface area contributed by atoms with Crippen LogP contribution < -0.4 is 20.5 Å². The molecule has 1 aliphatic carbocycles. The van der Waals surface area contributed by atoms with Crippen LogP contribution in [0.4, 0.5) is 18.2 Å². The van der Waals surface area contributed by atoms with Crippen molar-refractivity contribution in [2.24, 2.45) is 5.73 Å². The van der Waals surface area contributed by atoms with Gasteiger partial charge in [-0.15, -0.1) is 11.3 Å². The molecule has 1 aliphatic rings. The minimum absolute atomic E-state index is 0.148. The van der Waals surface area contributed by atoms with Crippen molar-refractivity contribution in [3.05, 3.63) is 46.0 Å². The van der Waals surface area contributed by atoms with E-state index < -0.39 is 44.4 Å². The molecule has 3 N–H and O–H groups in total. The van der Waals surface area contributed by atoms with Crippen LogP contribution in [0.25, 0.3) is 11.3 Å². The lowest BCUT2D eigenvalue weighted by atomic mass is 9.95. The normalized spacial score (nSPS) is 13.4. The average molecular weight is 613 g/mol. The number of carbonyl (C=O) groups is 2. The number of anilines is 1. The molecule has 15 heteroatoms. The minimum atomic E-state index is -4.95. The fourth-order valence-electron chi connectivity index (χ4n) is 4.47. The molecule has 0 radical (unpaired) electrons. The number of benzene rings is 1. The molecule has 0 unspecified atom stereocenters. The molecule has 3 aromatic rings. The van der Waals surface area contributed by atoms with Gasteiger partial charge in [0, 0.05) is 16.9 Å². The lowest BCUT2D eigenvalue weighted by molar-refractivity contribution is -0.141. The van der Waals surface area contributed by atoms with Crippen LogP contribution in [-0.4, -0.2) is 50.2 Å². The summed E-state index contributed by atoms with van der Waals surface area (Å²) in [5.41, 5.74) is 5.06. The van der Waals surface area contributed by atoms with Gasteiger partial charge in [-0.1, -0.05) is 0 Å². The van der Waals surface area contributed by atoms with Gasteiger partial charge in [-0.05, 0) is 61.9 Å². The monoisotopic (exact) mass is 612 g/mol. The lowest BCUT2D eigenvalue weighted by Crippen LogP contribution is -2.20. The number of sulfone groups is 1. The fraction of sp³-hybridized carbons (Fsp3) is 0.385. The van der Waals surface area contributed by atoms with Crippen LogP contribution in [0.15, 0.2) is 29.4 Å². The Morgan fingerprint density at radius 3 is 2.44 bits per heavy atom. The number of nitrogens with one attached hydrogen (secondary N) is 1. The molecular weight excluding hydrogens is 585 g/mol. The number of carbonyl (C=O) groups excluding carboxylic acids is 2. The second kappa shape index (κ2) is 12.0. The van der Waals surface area contributed by atoms with Crippen molar-refractivity contribution in [1.29, 1.82) is 0 Å². The number of hydrogen-bond donors (Lipinski definition) is 2. The molecule has 0 saturated heterocycles. The first-order valence-electron chi connectivity index (χ1n) is 12.5. The van der Waals surface area contributed by atoms with Gasteiger partial charge in [-0.25, -0.2) is 18.4 Å². The second-order valence-electron chi connectivity index (χ2n) is 9.24. The fourth-order valence-corrected chi connectivity index (χ4v) is 6.96. The Labute approximate surface area is 238 Å². The number of halogens is 3. The number of nitrogens with two attached hydrogens (primary N) is 1. The molecule has 1 aromatic carbocycles. The summed E-state index contributed by atoms with van der Waals surface area (Å²) in [7, 11) is -1.69. The summed E-state index contributed by atoms with van der Waals surface area (Å²) in [4.78, 5) is 32.8. The number of nitrogens with zero attached hydrogens (tertiary/aromatic N) is 2. The molecule has 0 fully saturated rings. The Balaban J connectivity index is 1.53. The van der Waals surface area contributed by atoms with Gasteiger partial charge in [0.2, 0.25) is 20.9 Å². The lowest BCUT2D eigenvalue weighted by Gasteiger charge is -2.13. The van der Waals surface area contributed by atoms with Gasteiger partial charge in [0.15, 0.2) is 11.5 Å².